The van der Waals surface area contributed by atoms with E-state index in [1.807, 2.05) is 54.6 Å². The van der Waals surface area contributed by atoms with Crippen molar-refractivity contribution in [1.29, 1.82) is 0 Å². The first-order valence-corrected chi connectivity index (χ1v) is 7.47. The number of halogens is 1. The molecule has 0 unspecified atom stereocenters. The lowest BCUT2D eigenvalue weighted by Gasteiger charge is -2.14. The molecule has 3 nitrogen and oxygen atoms in total. The molecule has 1 amide bonds. The van der Waals surface area contributed by atoms with Gasteiger partial charge in [-0.05, 0) is 59.3 Å². The third kappa shape index (κ3) is 4.52. The van der Waals surface area contributed by atoms with Crippen molar-refractivity contribution in [2.45, 2.75) is 19.6 Å². The highest BCUT2D eigenvalue weighted by Gasteiger charge is 2.13. The fourth-order valence-corrected chi connectivity index (χ4v) is 2.06. The number of nitrogens with one attached hydrogen (secondary N) is 1. The maximum Gasteiger partial charge on any atom is 0.261 e. The summed E-state index contributed by atoms with van der Waals surface area (Å²) < 4.78 is 6.74. The monoisotopic (exact) mass is 381 g/mol. The minimum atomic E-state index is -0.515. The molecule has 0 aliphatic heterocycles. The fraction of sp³-hybridized carbons (Fsp3) is 0.188. The molecule has 0 heterocycles. The molecule has 2 aromatic rings. The Hall–Kier alpha value is -1.56. The molecule has 0 aliphatic rings. The first kappa shape index (κ1) is 14.8. The van der Waals surface area contributed by atoms with Crippen LogP contribution in [0.4, 0.5) is 0 Å². The Morgan fingerprint density at radius 3 is 2.45 bits per heavy atom. The Labute approximate surface area is 132 Å². The van der Waals surface area contributed by atoms with Gasteiger partial charge >= 0.3 is 0 Å². The topological polar surface area (TPSA) is 38.3 Å². The standard InChI is InChI=1S/C16H16INO2/c1-12(20-15-9-7-14(17)8-10-15)16(19)18-11-13-5-3-2-4-6-13/h2-10,12H,11H2,1H3,(H,18,19)/t12-/m1/s1. The van der Waals surface area contributed by atoms with Crippen molar-refractivity contribution in [2.75, 3.05) is 0 Å². The molecule has 1 N–H and O–H groups in total. The van der Waals surface area contributed by atoms with Gasteiger partial charge in [-0.25, -0.2) is 0 Å². The van der Waals surface area contributed by atoms with Gasteiger partial charge in [-0.3, -0.25) is 4.79 Å². The lowest BCUT2D eigenvalue weighted by molar-refractivity contribution is -0.127. The van der Waals surface area contributed by atoms with Crippen LogP contribution >= 0.6 is 22.6 Å². The molecular formula is C16H16INO2. The molecule has 0 aromatic heterocycles. The van der Waals surface area contributed by atoms with Crippen molar-refractivity contribution in [3.05, 3.63) is 63.7 Å². The summed E-state index contributed by atoms with van der Waals surface area (Å²) in [5.74, 6) is 0.584. The van der Waals surface area contributed by atoms with Crippen LogP contribution in [0, 0.1) is 3.57 Å². The van der Waals surface area contributed by atoms with E-state index >= 15 is 0 Å². The first-order valence-electron chi connectivity index (χ1n) is 6.39. The van der Waals surface area contributed by atoms with Crippen LogP contribution in [0.25, 0.3) is 0 Å². The Balaban J connectivity index is 1.84. The molecular weight excluding hydrogens is 365 g/mol. The van der Waals surface area contributed by atoms with Gasteiger partial charge in [-0.15, -0.1) is 0 Å². The number of hydrogen-bond donors (Lipinski definition) is 1. The van der Waals surface area contributed by atoms with Crippen molar-refractivity contribution in [1.82, 2.24) is 5.32 Å². The SMILES string of the molecule is C[C@@H](Oc1ccc(I)cc1)C(=O)NCc1ccccc1. The lowest BCUT2D eigenvalue weighted by atomic mass is 10.2. The molecule has 0 radical (unpaired) electrons. The number of hydrogen-bond acceptors (Lipinski definition) is 2. The van der Waals surface area contributed by atoms with Gasteiger partial charge in [0.25, 0.3) is 5.91 Å². The fourth-order valence-electron chi connectivity index (χ4n) is 1.70. The second-order valence-electron chi connectivity index (χ2n) is 4.42. The van der Waals surface area contributed by atoms with Crippen molar-refractivity contribution < 1.29 is 9.53 Å². The van der Waals surface area contributed by atoms with Gasteiger partial charge in [-0.2, -0.15) is 0 Å². The van der Waals surface area contributed by atoms with E-state index in [-0.39, 0.29) is 5.91 Å². The van der Waals surface area contributed by atoms with Gasteiger partial charge in [0.2, 0.25) is 0 Å². The molecule has 0 fully saturated rings. The normalized spacial score (nSPS) is 11.7. The Morgan fingerprint density at radius 2 is 1.80 bits per heavy atom. The number of carbonyl (C=O) groups is 1. The first-order chi connectivity index (χ1) is 9.65. The largest absolute Gasteiger partial charge is 0.481 e. The van der Waals surface area contributed by atoms with E-state index in [9.17, 15) is 4.79 Å². The summed E-state index contributed by atoms with van der Waals surface area (Å²) in [6.07, 6.45) is -0.515. The van der Waals surface area contributed by atoms with Gasteiger partial charge in [0.15, 0.2) is 6.10 Å². The van der Waals surface area contributed by atoms with Gasteiger partial charge in [0.1, 0.15) is 5.75 Å². The van der Waals surface area contributed by atoms with Crippen molar-refractivity contribution in [2.24, 2.45) is 0 Å². The van der Waals surface area contributed by atoms with Gasteiger partial charge in [0.05, 0.1) is 0 Å². The third-order valence-electron chi connectivity index (χ3n) is 2.81. The summed E-state index contributed by atoms with van der Waals surface area (Å²) in [5, 5.41) is 2.86. The smallest absolute Gasteiger partial charge is 0.261 e. The molecule has 0 bridgehead atoms. The van der Waals surface area contributed by atoms with Crippen LogP contribution in [0.2, 0.25) is 0 Å². The minimum Gasteiger partial charge on any atom is -0.481 e. The molecule has 1 atom stereocenters. The van der Waals surface area contributed by atoms with Crippen LogP contribution in [0.15, 0.2) is 54.6 Å². The number of ether oxygens (including phenoxy) is 1. The third-order valence-corrected chi connectivity index (χ3v) is 3.52. The number of rotatable bonds is 5. The number of benzene rings is 2. The molecule has 2 rings (SSSR count). The molecule has 0 saturated heterocycles. The van der Waals surface area contributed by atoms with Gasteiger partial charge < -0.3 is 10.1 Å². The average molecular weight is 381 g/mol. The number of amides is 1. The Kier molecular flexibility index (Phi) is 5.40. The summed E-state index contributed by atoms with van der Waals surface area (Å²) in [6.45, 7) is 2.26. The highest BCUT2D eigenvalue weighted by molar-refractivity contribution is 14.1. The summed E-state index contributed by atoms with van der Waals surface area (Å²) in [4.78, 5) is 12.0. The van der Waals surface area contributed by atoms with E-state index in [2.05, 4.69) is 27.9 Å². The second-order valence-corrected chi connectivity index (χ2v) is 5.66. The molecule has 104 valence electrons. The van der Waals surface area contributed by atoms with E-state index < -0.39 is 6.10 Å². The maximum atomic E-state index is 12.0. The lowest BCUT2D eigenvalue weighted by Crippen LogP contribution is -2.35. The molecule has 0 spiro atoms. The average Bonchev–Trinajstić information content (AvgIpc) is 2.48. The minimum absolute atomic E-state index is 0.118. The zero-order chi connectivity index (χ0) is 14.4. The molecule has 0 saturated carbocycles. The molecule has 0 aliphatic carbocycles. The van der Waals surface area contributed by atoms with E-state index in [1.165, 1.54) is 0 Å². The van der Waals surface area contributed by atoms with Gasteiger partial charge in [0, 0.05) is 10.1 Å². The van der Waals surface area contributed by atoms with Crippen LogP contribution in [0.1, 0.15) is 12.5 Å². The van der Waals surface area contributed by atoms with Crippen molar-refractivity contribution in [3.63, 3.8) is 0 Å². The molecule has 20 heavy (non-hydrogen) atoms. The highest BCUT2D eigenvalue weighted by atomic mass is 127. The summed E-state index contributed by atoms with van der Waals surface area (Å²) in [7, 11) is 0. The van der Waals surface area contributed by atoms with Crippen LogP contribution in [0.5, 0.6) is 5.75 Å². The molecule has 4 heteroatoms. The van der Waals surface area contributed by atoms with Crippen LogP contribution < -0.4 is 10.1 Å². The highest BCUT2D eigenvalue weighted by Crippen LogP contribution is 2.15. The quantitative estimate of drug-likeness (QED) is 0.807. The zero-order valence-corrected chi connectivity index (χ0v) is 13.3. The summed E-state index contributed by atoms with van der Waals surface area (Å²) in [5.41, 5.74) is 1.07. The van der Waals surface area contributed by atoms with Gasteiger partial charge in [-0.1, -0.05) is 30.3 Å². The zero-order valence-electron chi connectivity index (χ0n) is 11.2. The number of carbonyl (C=O) groups excluding carboxylic acids is 1. The van der Waals surface area contributed by atoms with E-state index in [4.69, 9.17) is 4.74 Å². The van der Waals surface area contributed by atoms with Crippen LogP contribution in [-0.2, 0) is 11.3 Å². The predicted molar refractivity (Wildman–Crippen MR) is 87.5 cm³/mol. The summed E-state index contributed by atoms with van der Waals surface area (Å²) >= 11 is 2.23. The predicted octanol–water partition coefficient (Wildman–Crippen LogP) is 3.37. The van der Waals surface area contributed by atoms with E-state index in [0.29, 0.717) is 12.3 Å². The van der Waals surface area contributed by atoms with Crippen molar-refractivity contribution in [3.8, 4) is 5.75 Å². The molecule has 2 aromatic carbocycles. The van der Waals surface area contributed by atoms with Crippen molar-refractivity contribution >= 4 is 28.5 Å². The second kappa shape index (κ2) is 7.28. The van der Waals surface area contributed by atoms with E-state index in [0.717, 1.165) is 9.13 Å². The van der Waals surface area contributed by atoms with Crippen LogP contribution in [0.3, 0.4) is 0 Å². The maximum absolute atomic E-state index is 12.0. The Bertz CT molecular complexity index is 554. The summed E-state index contributed by atoms with van der Waals surface area (Å²) in [6, 6.07) is 17.4. The van der Waals surface area contributed by atoms with E-state index in [1.54, 1.807) is 6.92 Å². The Morgan fingerprint density at radius 1 is 1.15 bits per heavy atom. The van der Waals surface area contributed by atoms with Crippen LogP contribution in [-0.4, -0.2) is 12.0 Å².